The summed E-state index contributed by atoms with van der Waals surface area (Å²) in [4.78, 5) is 6.15. The van der Waals surface area contributed by atoms with Crippen molar-refractivity contribution in [3.05, 3.63) is 29.6 Å². The van der Waals surface area contributed by atoms with Gasteiger partial charge in [0.15, 0.2) is 0 Å². The number of hydrogen-bond donors (Lipinski definition) is 1. The molecule has 0 spiro atoms. The van der Waals surface area contributed by atoms with E-state index >= 15 is 0 Å². The highest BCUT2D eigenvalue weighted by atomic mass is 16.3. The molecule has 2 heterocycles. The van der Waals surface area contributed by atoms with E-state index in [-0.39, 0.29) is 6.10 Å². The number of pyridine rings is 1. The topological polar surface area (TPSA) is 60.2 Å². The minimum atomic E-state index is -0.203. The molecule has 1 fully saturated rings. The lowest BCUT2D eigenvalue weighted by atomic mass is 10.1. The highest BCUT2D eigenvalue weighted by molar-refractivity contribution is 5.25. The molecule has 84 valence electrons. The monoisotopic (exact) mass is 217 g/mol. The lowest BCUT2D eigenvalue weighted by Crippen LogP contribution is -2.37. The van der Waals surface area contributed by atoms with Crippen LogP contribution in [-0.4, -0.2) is 34.2 Å². The first-order valence-corrected chi connectivity index (χ1v) is 5.53. The zero-order valence-corrected chi connectivity index (χ0v) is 9.13. The Morgan fingerprint density at radius 1 is 1.62 bits per heavy atom. The molecule has 0 aliphatic carbocycles. The molecule has 2 rings (SSSR count). The van der Waals surface area contributed by atoms with Crippen LogP contribution in [0, 0.1) is 11.3 Å². The van der Waals surface area contributed by atoms with Gasteiger partial charge in [-0.2, -0.15) is 5.26 Å². The Bertz CT molecular complexity index is 399. The summed E-state index contributed by atoms with van der Waals surface area (Å²) in [7, 11) is 0. The number of aliphatic hydroxyl groups is 1. The average molecular weight is 217 g/mol. The number of hydrogen-bond acceptors (Lipinski definition) is 4. The molecule has 1 aliphatic heterocycles. The number of aliphatic hydroxyl groups excluding tert-OH is 1. The summed E-state index contributed by atoms with van der Waals surface area (Å²) in [6.07, 6.45) is 3.40. The van der Waals surface area contributed by atoms with Crippen molar-refractivity contribution in [3.8, 4) is 6.07 Å². The summed E-state index contributed by atoms with van der Waals surface area (Å²) in [5.41, 5.74) is 1.54. The van der Waals surface area contributed by atoms with Crippen molar-refractivity contribution in [2.24, 2.45) is 0 Å². The summed E-state index contributed by atoms with van der Waals surface area (Å²) in [5.74, 6) is 0. The minimum Gasteiger partial charge on any atom is -0.392 e. The van der Waals surface area contributed by atoms with Crippen molar-refractivity contribution in [2.75, 3.05) is 13.1 Å². The van der Waals surface area contributed by atoms with Crippen molar-refractivity contribution in [3.63, 3.8) is 0 Å². The van der Waals surface area contributed by atoms with E-state index < -0.39 is 0 Å². The van der Waals surface area contributed by atoms with Crippen molar-refractivity contribution in [1.29, 1.82) is 5.26 Å². The third-order valence-corrected chi connectivity index (χ3v) is 2.83. The molecule has 1 unspecified atom stereocenters. The van der Waals surface area contributed by atoms with Crippen molar-refractivity contribution in [1.82, 2.24) is 9.88 Å². The molecule has 0 aromatic carbocycles. The molecule has 0 radical (unpaired) electrons. The van der Waals surface area contributed by atoms with Gasteiger partial charge in [-0.1, -0.05) is 0 Å². The van der Waals surface area contributed by atoms with Crippen LogP contribution < -0.4 is 0 Å². The molecule has 4 heteroatoms. The van der Waals surface area contributed by atoms with Crippen molar-refractivity contribution in [2.45, 2.75) is 25.5 Å². The van der Waals surface area contributed by atoms with Gasteiger partial charge in [-0.15, -0.1) is 0 Å². The van der Waals surface area contributed by atoms with Crippen LogP contribution in [0.25, 0.3) is 0 Å². The second kappa shape index (κ2) is 5.06. The van der Waals surface area contributed by atoms with Crippen LogP contribution in [0.5, 0.6) is 0 Å². The van der Waals surface area contributed by atoms with Crippen LogP contribution in [0.1, 0.15) is 24.1 Å². The number of likely N-dealkylation sites (tertiary alicyclic amines) is 1. The Hall–Kier alpha value is -1.44. The van der Waals surface area contributed by atoms with Gasteiger partial charge in [0.2, 0.25) is 0 Å². The Balaban J connectivity index is 2.00. The summed E-state index contributed by atoms with van der Waals surface area (Å²) in [6, 6.07) is 5.76. The van der Waals surface area contributed by atoms with Gasteiger partial charge in [-0.25, -0.2) is 4.98 Å². The molecule has 16 heavy (non-hydrogen) atoms. The Kier molecular flexibility index (Phi) is 3.50. The predicted molar refractivity (Wildman–Crippen MR) is 59.5 cm³/mol. The van der Waals surface area contributed by atoms with E-state index in [9.17, 15) is 5.11 Å². The summed E-state index contributed by atoms with van der Waals surface area (Å²) in [6.45, 7) is 2.53. The van der Waals surface area contributed by atoms with Gasteiger partial charge in [-0.3, -0.25) is 4.90 Å². The molecule has 0 saturated carbocycles. The van der Waals surface area contributed by atoms with Crippen LogP contribution in [0.2, 0.25) is 0 Å². The summed E-state index contributed by atoms with van der Waals surface area (Å²) in [5, 5.41) is 18.3. The van der Waals surface area contributed by atoms with Crippen LogP contribution >= 0.6 is 0 Å². The SMILES string of the molecule is N#Cc1cc(CN2CCCC(O)C2)ccn1. The van der Waals surface area contributed by atoms with Gasteiger partial charge in [0.1, 0.15) is 11.8 Å². The molecule has 1 atom stereocenters. The van der Waals surface area contributed by atoms with Gasteiger partial charge in [0.25, 0.3) is 0 Å². The quantitative estimate of drug-likeness (QED) is 0.800. The summed E-state index contributed by atoms with van der Waals surface area (Å²) >= 11 is 0. The third kappa shape index (κ3) is 2.78. The number of rotatable bonds is 2. The van der Waals surface area contributed by atoms with E-state index in [1.807, 2.05) is 12.1 Å². The van der Waals surface area contributed by atoms with E-state index in [1.54, 1.807) is 12.3 Å². The van der Waals surface area contributed by atoms with E-state index in [0.29, 0.717) is 5.69 Å². The molecule has 1 saturated heterocycles. The highest BCUT2D eigenvalue weighted by Crippen LogP contribution is 2.13. The van der Waals surface area contributed by atoms with Crippen LogP contribution in [0.3, 0.4) is 0 Å². The average Bonchev–Trinajstić information content (AvgIpc) is 2.29. The Morgan fingerprint density at radius 2 is 2.50 bits per heavy atom. The molecule has 0 bridgehead atoms. The van der Waals surface area contributed by atoms with Gasteiger partial charge < -0.3 is 5.11 Å². The van der Waals surface area contributed by atoms with Crippen LogP contribution in [0.15, 0.2) is 18.3 Å². The maximum absolute atomic E-state index is 9.55. The molecule has 1 aromatic rings. The van der Waals surface area contributed by atoms with E-state index in [1.165, 1.54) is 0 Å². The molecule has 1 aliphatic rings. The van der Waals surface area contributed by atoms with E-state index in [4.69, 9.17) is 5.26 Å². The maximum Gasteiger partial charge on any atom is 0.140 e. The fraction of sp³-hybridized carbons (Fsp3) is 0.500. The number of piperidine rings is 1. The second-order valence-electron chi connectivity index (χ2n) is 4.19. The number of aromatic nitrogens is 1. The Labute approximate surface area is 95.1 Å². The molecule has 1 aromatic heterocycles. The smallest absolute Gasteiger partial charge is 0.140 e. The predicted octanol–water partition coefficient (Wildman–Crippen LogP) is 0.910. The molecular formula is C12H15N3O. The zero-order valence-electron chi connectivity index (χ0n) is 9.13. The minimum absolute atomic E-state index is 0.203. The lowest BCUT2D eigenvalue weighted by molar-refractivity contribution is 0.0668. The lowest BCUT2D eigenvalue weighted by Gasteiger charge is -2.29. The molecule has 1 N–H and O–H groups in total. The highest BCUT2D eigenvalue weighted by Gasteiger charge is 2.17. The van der Waals surface area contributed by atoms with E-state index in [2.05, 4.69) is 9.88 Å². The van der Waals surface area contributed by atoms with Gasteiger partial charge in [0, 0.05) is 19.3 Å². The molecule has 0 amide bonds. The molecule has 4 nitrogen and oxygen atoms in total. The Morgan fingerprint density at radius 3 is 3.25 bits per heavy atom. The van der Waals surface area contributed by atoms with E-state index in [0.717, 1.165) is 38.0 Å². The van der Waals surface area contributed by atoms with Crippen LogP contribution in [0.4, 0.5) is 0 Å². The first-order valence-electron chi connectivity index (χ1n) is 5.53. The number of nitriles is 1. The first-order chi connectivity index (χ1) is 7.78. The van der Waals surface area contributed by atoms with Gasteiger partial charge in [0.05, 0.1) is 6.10 Å². The van der Waals surface area contributed by atoms with Crippen LogP contribution in [-0.2, 0) is 6.54 Å². The first kappa shape index (κ1) is 11.1. The standard InChI is InChI=1S/C12H15N3O/c13-7-11-6-10(3-4-14-11)8-15-5-1-2-12(16)9-15/h3-4,6,12,16H,1-2,5,8-9H2. The number of β-amino-alcohol motifs (C(OH)–C–C–N with tert-alkyl or cyclic N) is 1. The largest absolute Gasteiger partial charge is 0.392 e. The zero-order chi connectivity index (χ0) is 11.4. The normalized spacial score (nSPS) is 21.6. The third-order valence-electron chi connectivity index (χ3n) is 2.83. The fourth-order valence-electron chi connectivity index (χ4n) is 2.07. The van der Waals surface area contributed by atoms with Crippen molar-refractivity contribution < 1.29 is 5.11 Å². The fourth-order valence-corrected chi connectivity index (χ4v) is 2.07. The van der Waals surface area contributed by atoms with Gasteiger partial charge >= 0.3 is 0 Å². The van der Waals surface area contributed by atoms with Crippen molar-refractivity contribution >= 4 is 0 Å². The summed E-state index contributed by atoms with van der Waals surface area (Å²) < 4.78 is 0. The van der Waals surface area contributed by atoms with Gasteiger partial charge in [-0.05, 0) is 37.1 Å². The molecular weight excluding hydrogens is 202 g/mol. The maximum atomic E-state index is 9.55. The second-order valence-corrected chi connectivity index (χ2v) is 4.19. The number of nitrogens with zero attached hydrogens (tertiary/aromatic N) is 3.